The third kappa shape index (κ3) is 3.17. The molecule has 0 unspecified atom stereocenters. The number of anilines is 1. The highest BCUT2D eigenvalue weighted by molar-refractivity contribution is 9.10. The molecule has 1 N–H and O–H groups in total. The fraction of sp³-hybridized carbons (Fsp3) is 0.167. The van der Waals surface area contributed by atoms with Gasteiger partial charge in [0.1, 0.15) is 22.7 Å². The minimum absolute atomic E-state index is 0.518. The fourth-order valence-corrected chi connectivity index (χ4v) is 3.90. The summed E-state index contributed by atoms with van der Waals surface area (Å²) in [6.45, 7) is 4.72. The van der Waals surface area contributed by atoms with Gasteiger partial charge in [-0.3, -0.25) is 0 Å². The molecule has 0 aliphatic heterocycles. The van der Waals surface area contributed by atoms with E-state index in [1.165, 1.54) is 10.4 Å². The Hall–Kier alpha value is -2.25. The second-order valence-corrected chi connectivity index (χ2v) is 7.84. The van der Waals surface area contributed by atoms with Crippen molar-refractivity contribution in [3.05, 3.63) is 57.3 Å². The van der Waals surface area contributed by atoms with Crippen molar-refractivity contribution in [2.75, 3.05) is 5.32 Å². The van der Waals surface area contributed by atoms with Crippen molar-refractivity contribution in [3.63, 3.8) is 0 Å². The molecule has 0 bridgehead atoms. The molecule has 0 radical (unpaired) electrons. The molecule has 5 nitrogen and oxygen atoms in total. The maximum Gasteiger partial charge on any atom is 0.156 e. The van der Waals surface area contributed by atoms with Crippen LogP contribution in [-0.2, 0) is 6.54 Å². The molecule has 4 aromatic rings. The van der Waals surface area contributed by atoms with Gasteiger partial charge in [-0.1, -0.05) is 33.2 Å². The van der Waals surface area contributed by atoms with Crippen LogP contribution in [0.25, 0.3) is 21.5 Å². The topological polar surface area (TPSA) is 63.8 Å². The molecule has 0 atom stereocenters. The van der Waals surface area contributed by atoms with E-state index in [1.54, 1.807) is 17.7 Å². The molecule has 0 aliphatic rings. The van der Waals surface area contributed by atoms with Gasteiger partial charge in [-0.15, -0.1) is 11.3 Å². The summed E-state index contributed by atoms with van der Waals surface area (Å²) < 4.78 is 6.49. The Labute approximate surface area is 157 Å². The molecule has 4 rings (SSSR count). The minimum Gasteiger partial charge on any atom is -0.362 e. The molecular weight excluding hydrogens is 400 g/mol. The van der Waals surface area contributed by atoms with E-state index in [2.05, 4.69) is 50.2 Å². The number of nitrogens with zero attached hydrogens (tertiary/aromatic N) is 3. The second-order valence-electron chi connectivity index (χ2n) is 5.72. The van der Waals surface area contributed by atoms with Crippen LogP contribution in [-0.4, -0.2) is 15.1 Å². The zero-order valence-corrected chi connectivity index (χ0v) is 16.1. The fourth-order valence-electron chi connectivity index (χ4n) is 2.64. The third-order valence-corrected chi connectivity index (χ3v) is 5.74. The normalized spacial score (nSPS) is 11.2. The van der Waals surface area contributed by atoms with Gasteiger partial charge in [0.15, 0.2) is 5.76 Å². The predicted octanol–water partition coefficient (Wildman–Crippen LogP) is 5.34. The number of hydrogen-bond donors (Lipinski definition) is 1. The van der Waals surface area contributed by atoms with Crippen molar-refractivity contribution >= 4 is 43.3 Å². The number of aromatic nitrogens is 3. The van der Waals surface area contributed by atoms with Crippen LogP contribution >= 0.6 is 27.3 Å². The van der Waals surface area contributed by atoms with E-state index in [4.69, 9.17) is 4.52 Å². The van der Waals surface area contributed by atoms with Crippen LogP contribution in [0.4, 0.5) is 5.82 Å². The van der Waals surface area contributed by atoms with Crippen LogP contribution in [0.3, 0.4) is 0 Å². The van der Waals surface area contributed by atoms with Crippen LogP contribution in [0.15, 0.2) is 45.7 Å². The first kappa shape index (κ1) is 16.2. The lowest BCUT2D eigenvalue weighted by atomic mass is 10.1. The van der Waals surface area contributed by atoms with Gasteiger partial charge in [-0.05, 0) is 31.5 Å². The Morgan fingerprint density at radius 2 is 1.96 bits per heavy atom. The van der Waals surface area contributed by atoms with Crippen molar-refractivity contribution < 1.29 is 4.52 Å². The van der Waals surface area contributed by atoms with Crippen LogP contribution in [0.1, 0.15) is 16.2 Å². The molecule has 0 aliphatic carbocycles. The van der Waals surface area contributed by atoms with Crippen molar-refractivity contribution in [2.45, 2.75) is 20.4 Å². The average molecular weight is 415 g/mol. The molecular formula is C18H15BrN4OS. The number of nitrogens with one attached hydrogen (secondary N) is 1. The van der Waals surface area contributed by atoms with E-state index < -0.39 is 0 Å². The summed E-state index contributed by atoms with van der Waals surface area (Å²) >= 11 is 5.12. The molecule has 3 aromatic heterocycles. The summed E-state index contributed by atoms with van der Waals surface area (Å²) in [5.74, 6) is 1.59. The zero-order chi connectivity index (χ0) is 17.4. The lowest BCUT2D eigenvalue weighted by Crippen LogP contribution is -2.01. The molecule has 1 aromatic carbocycles. The van der Waals surface area contributed by atoms with E-state index in [1.807, 2.05) is 30.3 Å². The van der Waals surface area contributed by atoms with Gasteiger partial charge in [0, 0.05) is 21.0 Å². The van der Waals surface area contributed by atoms with E-state index in [0.717, 1.165) is 37.5 Å². The molecule has 0 spiro atoms. The van der Waals surface area contributed by atoms with E-state index >= 15 is 0 Å². The third-order valence-electron chi connectivity index (χ3n) is 4.09. The summed E-state index contributed by atoms with van der Waals surface area (Å²) in [5, 5.41) is 8.58. The highest BCUT2D eigenvalue weighted by Gasteiger charge is 2.13. The largest absolute Gasteiger partial charge is 0.362 e. The Morgan fingerprint density at radius 3 is 2.76 bits per heavy atom. The molecule has 0 saturated heterocycles. The maximum atomic E-state index is 5.45. The van der Waals surface area contributed by atoms with Gasteiger partial charge >= 0.3 is 0 Å². The number of rotatable bonds is 4. The lowest BCUT2D eigenvalue weighted by molar-refractivity contribution is 0.390. The van der Waals surface area contributed by atoms with Gasteiger partial charge in [0.25, 0.3) is 0 Å². The van der Waals surface area contributed by atoms with Crippen LogP contribution in [0.5, 0.6) is 0 Å². The Morgan fingerprint density at radius 1 is 1.16 bits per heavy atom. The first-order valence-electron chi connectivity index (χ1n) is 7.78. The number of thiophene rings is 1. The van der Waals surface area contributed by atoms with E-state index in [-0.39, 0.29) is 0 Å². The molecule has 0 amide bonds. The molecule has 3 heterocycles. The first-order chi connectivity index (χ1) is 12.1. The van der Waals surface area contributed by atoms with Crippen LogP contribution in [0, 0.1) is 13.8 Å². The highest BCUT2D eigenvalue weighted by atomic mass is 79.9. The first-order valence-corrected chi connectivity index (χ1v) is 9.39. The molecule has 0 fully saturated rings. The average Bonchev–Trinajstić information content (AvgIpc) is 3.19. The van der Waals surface area contributed by atoms with E-state index in [9.17, 15) is 0 Å². The summed E-state index contributed by atoms with van der Waals surface area (Å²) in [6.07, 6.45) is 1.59. The maximum absolute atomic E-state index is 5.45. The van der Waals surface area contributed by atoms with Crippen LogP contribution < -0.4 is 5.32 Å². The number of hydrogen-bond acceptors (Lipinski definition) is 6. The molecule has 126 valence electrons. The van der Waals surface area contributed by atoms with Gasteiger partial charge in [-0.25, -0.2) is 9.97 Å². The van der Waals surface area contributed by atoms with Gasteiger partial charge in [-0.2, -0.15) is 0 Å². The van der Waals surface area contributed by atoms with Gasteiger partial charge < -0.3 is 9.84 Å². The number of fused-ring (bicyclic) bond motifs is 1. The predicted molar refractivity (Wildman–Crippen MR) is 104 cm³/mol. The quantitative estimate of drug-likeness (QED) is 0.488. The Bertz CT molecular complexity index is 1040. The smallest absolute Gasteiger partial charge is 0.156 e. The monoisotopic (exact) mass is 414 g/mol. The summed E-state index contributed by atoms with van der Waals surface area (Å²) in [7, 11) is 0. The highest BCUT2D eigenvalue weighted by Crippen LogP contribution is 2.32. The molecule has 25 heavy (non-hydrogen) atoms. The van der Waals surface area contributed by atoms with Crippen molar-refractivity contribution in [1.29, 1.82) is 0 Å². The second kappa shape index (κ2) is 6.57. The van der Waals surface area contributed by atoms with Crippen molar-refractivity contribution in [2.24, 2.45) is 0 Å². The Balaban J connectivity index is 1.55. The van der Waals surface area contributed by atoms with Crippen molar-refractivity contribution in [3.8, 4) is 11.3 Å². The van der Waals surface area contributed by atoms with Crippen molar-refractivity contribution in [1.82, 2.24) is 15.1 Å². The minimum atomic E-state index is 0.518. The SMILES string of the molecule is Cc1sc2ncnc(NCc3cc(-c4ccc(Br)cc4)no3)c2c1C. The zero-order valence-electron chi connectivity index (χ0n) is 13.7. The number of halogens is 1. The van der Waals surface area contributed by atoms with Gasteiger partial charge in [0.2, 0.25) is 0 Å². The standard InChI is InChI=1S/C18H15BrN4OS/c1-10-11(2)25-18-16(10)17(21-9-22-18)20-8-14-7-15(23-24-14)12-3-5-13(19)6-4-12/h3-7,9H,8H2,1-2H3,(H,20,21,22). The summed E-state index contributed by atoms with van der Waals surface area (Å²) in [5.41, 5.74) is 3.06. The number of benzene rings is 1. The summed E-state index contributed by atoms with van der Waals surface area (Å²) in [4.78, 5) is 11.0. The number of aryl methyl sites for hydroxylation is 2. The molecule has 7 heteroatoms. The van der Waals surface area contributed by atoms with Crippen LogP contribution in [0.2, 0.25) is 0 Å². The Kier molecular flexibility index (Phi) is 4.27. The lowest BCUT2D eigenvalue weighted by Gasteiger charge is -2.04. The van der Waals surface area contributed by atoms with E-state index in [0.29, 0.717) is 6.54 Å². The molecule has 0 saturated carbocycles. The summed E-state index contributed by atoms with van der Waals surface area (Å²) in [6, 6.07) is 9.93. The van der Waals surface area contributed by atoms with Gasteiger partial charge in [0.05, 0.1) is 11.9 Å².